The zero-order chi connectivity index (χ0) is 12.3. The summed E-state index contributed by atoms with van der Waals surface area (Å²) < 4.78 is 15.6. The average Bonchev–Trinajstić information content (AvgIpc) is 2.38. The van der Waals surface area contributed by atoms with Crippen LogP contribution in [0.3, 0.4) is 0 Å². The molecular formula is C13H21NO3. The molecule has 0 aromatic heterocycles. The van der Waals surface area contributed by atoms with Crippen LogP contribution in [0.4, 0.5) is 0 Å². The van der Waals surface area contributed by atoms with Crippen molar-refractivity contribution in [1.82, 2.24) is 5.32 Å². The third-order valence-electron chi connectivity index (χ3n) is 2.31. The Balaban J connectivity index is 2.05. The molecule has 96 valence electrons. The quantitative estimate of drug-likeness (QED) is 0.666. The molecule has 0 aliphatic rings. The van der Waals surface area contributed by atoms with Gasteiger partial charge in [0.05, 0.1) is 7.11 Å². The van der Waals surface area contributed by atoms with Crippen molar-refractivity contribution in [2.45, 2.75) is 6.42 Å². The second-order valence-electron chi connectivity index (χ2n) is 3.62. The third kappa shape index (κ3) is 6.14. The van der Waals surface area contributed by atoms with Crippen LogP contribution >= 0.6 is 0 Å². The molecule has 17 heavy (non-hydrogen) atoms. The Hall–Kier alpha value is -1.26. The lowest BCUT2D eigenvalue weighted by atomic mass is 10.3. The highest BCUT2D eigenvalue weighted by Gasteiger charge is 1.94. The zero-order valence-corrected chi connectivity index (χ0v) is 10.6. The summed E-state index contributed by atoms with van der Waals surface area (Å²) in [6.07, 6.45) is 1.03. The molecule has 0 saturated heterocycles. The van der Waals surface area contributed by atoms with E-state index in [1.807, 2.05) is 24.3 Å². The van der Waals surface area contributed by atoms with Crippen molar-refractivity contribution >= 4 is 0 Å². The fraction of sp³-hybridized carbons (Fsp3) is 0.538. The van der Waals surface area contributed by atoms with Crippen molar-refractivity contribution in [2.75, 3.05) is 40.5 Å². The van der Waals surface area contributed by atoms with Crippen molar-refractivity contribution in [2.24, 2.45) is 0 Å². The lowest BCUT2D eigenvalue weighted by molar-refractivity contribution is 0.193. The van der Waals surface area contributed by atoms with Crippen molar-refractivity contribution in [3.05, 3.63) is 24.3 Å². The minimum absolute atomic E-state index is 0.666. The Kier molecular flexibility index (Phi) is 7.18. The molecule has 0 atom stereocenters. The summed E-state index contributed by atoms with van der Waals surface area (Å²) in [5, 5.41) is 3.28. The Bertz CT molecular complexity index is 287. The lowest BCUT2D eigenvalue weighted by Gasteiger charge is -2.08. The van der Waals surface area contributed by atoms with E-state index in [-0.39, 0.29) is 0 Å². The predicted molar refractivity (Wildman–Crippen MR) is 67.9 cm³/mol. The minimum Gasteiger partial charge on any atom is -0.497 e. The second kappa shape index (κ2) is 8.84. The summed E-state index contributed by atoms with van der Waals surface area (Å²) in [5.41, 5.74) is 0. The van der Waals surface area contributed by atoms with E-state index in [0.29, 0.717) is 6.61 Å². The highest BCUT2D eigenvalue weighted by molar-refractivity contribution is 5.31. The molecule has 0 heterocycles. The molecule has 0 bridgehead atoms. The van der Waals surface area contributed by atoms with E-state index in [1.54, 1.807) is 14.2 Å². The Labute approximate surface area is 103 Å². The summed E-state index contributed by atoms with van der Waals surface area (Å²) in [7, 11) is 3.37. The first-order chi connectivity index (χ1) is 8.36. The maximum Gasteiger partial charge on any atom is 0.119 e. The predicted octanol–water partition coefficient (Wildman–Crippen LogP) is 1.70. The molecule has 0 saturated carbocycles. The topological polar surface area (TPSA) is 39.7 Å². The van der Waals surface area contributed by atoms with E-state index in [4.69, 9.17) is 14.2 Å². The van der Waals surface area contributed by atoms with Crippen LogP contribution in [0, 0.1) is 0 Å². The number of methoxy groups -OCH3 is 2. The smallest absolute Gasteiger partial charge is 0.119 e. The number of rotatable bonds is 9. The van der Waals surface area contributed by atoms with E-state index < -0.39 is 0 Å². The van der Waals surface area contributed by atoms with Gasteiger partial charge in [0, 0.05) is 20.3 Å². The molecule has 0 spiro atoms. The molecule has 0 amide bonds. The lowest BCUT2D eigenvalue weighted by Crippen LogP contribution is -2.22. The van der Waals surface area contributed by atoms with Crippen LogP contribution < -0.4 is 14.8 Å². The van der Waals surface area contributed by atoms with Gasteiger partial charge in [0.1, 0.15) is 18.1 Å². The van der Waals surface area contributed by atoms with Crippen LogP contribution in [0.25, 0.3) is 0 Å². The molecule has 4 heteroatoms. The van der Waals surface area contributed by atoms with Gasteiger partial charge in [-0.15, -0.1) is 0 Å². The normalized spacial score (nSPS) is 10.2. The Morgan fingerprint density at radius 1 is 0.941 bits per heavy atom. The first kappa shape index (κ1) is 13.8. The first-order valence-electron chi connectivity index (χ1n) is 5.83. The van der Waals surface area contributed by atoms with E-state index in [1.165, 1.54) is 0 Å². The van der Waals surface area contributed by atoms with E-state index in [9.17, 15) is 0 Å². The van der Waals surface area contributed by atoms with Crippen LogP contribution in [0.2, 0.25) is 0 Å². The van der Waals surface area contributed by atoms with Gasteiger partial charge in [-0.1, -0.05) is 0 Å². The number of hydrogen-bond acceptors (Lipinski definition) is 4. The van der Waals surface area contributed by atoms with Gasteiger partial charge >= 0.3 is 0 Å². The maximum atomic E-state index is 5.56. The van der Waals surface area contributed by atoms with Crippen LogP contribution in [-0.2, 0) is 4.74 Å². The van der Waals surface area contributed by atoms with Gasteiger partial charge in [0.15, 0.2) is 0 Å². The van der Waals surface area contributed by atoms with Gasteiger partial charge in [-0.2, -0.15) is 0 Å². The molecule has 0 radical (unpaired) electrons. The van der Waals surface area contributed by atoms with Crippen LogP contribution in [0.15, 0.2) is 24.3 Å². The minimum atomic E-state index is 0.666. The third-order valence-corrected chi connectivity index (χ3v) is 2.31. The van der Waals surface area contributed by atoms with Crippen LogP contribution in [0.5, 0.6) is 11.5 Å². The molecule has 4 nitrogen and oxygen atoms in total. The molecular weight excluding hydrogens is 218 g/mol. The largest absolute Gasteiger partial charge is 0.497 e. The maximum absolute atomic E-state index is 5.56. The molecule has 0 aliphatic heterocycles. The fourth-order valence-corrected chi connectivity index (χ4v) is 1.38. The summed E-state index contributed by atoms with van der Waals surface area (Å²) in [4.78, 5) is 0. The number of hydrogen-bond donors (Lipinski definition) is 1. The highest BCUT2D eigenvalue weighted by atomic mass is 16.5. The standard InChI is InChI=1S/C13H21NO3/c1-15-10-3-8-14-9-11-17-13-6-4-12(16-2)5-7-13/h4-7,14H,3,8-11H2,1-2H3. The van der Waals surface area contributed by atoms with Crippen molar-refractivity contribution in [3.8, 4) is 11.5 Å². The van der Waals surface area contributed by atoms with E-state index in [0.717, 1.165) is 37.6 Å². The molecule has 1 aromatic carbocycles. The molecule has 1 N–H and O–H groups in total. The molecule has 0 aliphatic carbocycles. The first-order valence-corrected chi connectivity index (χ1v) is 5.83. The Morgan fingerprint density at radius 2 is 1.65 bits per heavy atom. The second-order valence-corrected chi connectivity index (χ2v) is 3.62. The van der Waals surface area contributed by atoms with Crippen LogP contribution in [-0.4, -0.2) is 40.5 Å². The molecule has 1 rings (SSSR count). The van der Waals surface area contributed by atoms with E-state index in [2.05, 4.69) is 5.32 Å². The van der Waals surface area contributed by atoms with E-state index >= 15 is 0 Å². The fourth-order valence-electron chi connectivity index (χ4n) is 1.38. The summed E-state index contributed by atoms with van der Waals surface area (Å²) in [6, 6.07) is 7.59. The van der Waals surface area contributed by atoms with Gasteiger partial charge in [0.2, 0.25) is 0 Å². The van der Waals surface area contributed by atoms with Gasteiger partial charge < -0.3 is 19.5 Å². The summed E-state index contributed by atoms with van der Waals surface area (Å²) in [6.45, 7) is 3.27. The number of nitrogens with one attached hydrogen (secondary N) is 1. The Morgan fingerprint density at radius 3 is 2.29 bits per heavy atom. The molecule has 0 fully saturated rings. The van der Waals surface area contributed by atoms with Gasteiger partial charge in [-0.05, 0) is 37.2 Å². The zero-order valence-electron chi connectivity index (χ0n) is 10.6. The van der Waals surface area contributed by atoms with Crippen molar-refractivity contribution in [1.29, 1.82) is 0 Å². The number of benzene rings is 1. The number of ether oxygens (including phenoxy) is 3. The van der Waals surface area contributed by atoms with Gasteiger partial charge in [0.25, 0.3) is 0 Å². The monoisotopic (exact) mass is 239 g/mol. The van der Waals surface area contributed by atoms with Gasteiger partial charge in [-0.3, -0.25) is 0 Å². The average molecular weight is 239 g/mol. The van der Waals surface area contributed by atoms with Gasteiger partial charge in [-0.25, -0.2) is 0 Å². The molecule has 1 aromatic rings. The van der Waals surface area contributed by atoms with Crippen molar-refractivity contribution < 1.29 is 14.2 Å². The van der Waals surface area contributed by atoms with Crippen molar-refractivity contribution in [3.63, 3.8) is 0 Å². The summed E-state index contributed by atoms with van der Waals surface area (Å²) in [5.74, 6) is 1.71. The molecule has 0 unspecified atom stereocenters. The highest BCUT2D eigenvalue weighted by Crippen LogP contribution is 2.16. The summed E-state index contributed by atoms with van der Waals surface area (Å²) >= 11 is 0. The van der Waals surface area contributed by atoms with Crippen LogP contribution in [0.1, 0.15) is 6.42 Å². The SMILES string of the molecule is COCCCNCCOc1ccc(OC)cc1.